The fourth-order valence-electron chi connectivity index (χ4n) is 5.60. The number of carbonyl (C=O) groups excluding carboxylic acids is 1. The van der Waals surface area contributed by atoms with Gasteiger partial charge in [-0.15, -0.1) is 0 Å². The van der Waals surface area contributed by atoms with Gasteiger partial charge in [0.15, 0.2) is 0 Å². The SMILES string of the molecule is CC(C)C1CCC2(C)CCCC(O)(CO)C2C1OC(=O)C=Cc1ccccc1. The third-order valence-electron chi connectivity index (χ3n) is 7.08. The summed E-state index contributed by atoms with van der Waals surface area (Å²) in [5, 5.41) is 21.3. The van der Waals surface area contributed by atoms with Gasteiger partial charge < -0.3 is 14.9 Å². The molecule has 1 aromatic rings. The molecule has 4 heteroatoms. The number of fused-ring (bicyclic) bond motifs is 1. The van der Waals surface area contributed by atoms with Gasteiger partial charge >= 0.3 is 5.97 Å². The molecule has 0 aliphatic heterocycles. The molecule has 3 rings (SSSR count). The van der Waals surface area contributed by atoms with Crippen LogP contribution in [0.2, 0.25) is 0 Å². The molecule has 28 heavy (non-hydrogen) atoms. The Balaban J connectivity index is 1.86. The van der Waals surface area contributed by atoms with E-state index in [2.05, 4.69) is 20.8 Å². The van der Waals surface area contributed by atoms with E-state index in [0.29, 0.717) is 12.3 Å². The summed E-state index contributed by atoms with van der Waals surface area (Å²) in [4.78, 5) is 12.7. The first kappa shape index (κ1) is 21.1. The highest BCUT2D eigenvalue weighted by Crippen LogP contribution is 2.57. The Kier molecular flexibility index (Phi) is 6.31. The fraction of sp³-hybridized carbons (Fsp3) is 0.625. The van der Waals surface area contributed by atoms with Crippen molar-refractivity contribution in [2.75, 3.05) is 6.61 Å². The van der Waals surface area contributed by atoms with Crippen molar-refractivity contribution in [3.8, 4) is 0 Å². The van der Waals surface area contributed by atoms with Crippen molar-refractivity contribution in [2.24, 2.45) is 23.2 Å². The zero-order valence-corrected chi connectivity index (χ0v) is 17.3. The zero-order valence-electron chi connectivity index (χ0n) is 17.3. The molecule has 4 nitrogen and oxygen atoms in total. The molecule has 2 aliphatic rings. The quantitative estimate of drug-likeness (QED) is 0.588. The van der Waals surface area contributed by atoms with E-state index in [1.165, 1.54) is 6.08 Å². The second-order valence-corrected chi connectivity index (χ2v) is 9.34. The van der Waals surface area contributed by atoms with Crippen molar-refractivity contribution in [1.29, 1.82) is 0 Å². The van der Waals surface area contributed by atoms with Crippen LogP contribution in [-0.2, 0) is 9.53 Å². The van der Waals surface area contributed by atoms with E-state index in [9.17, 15) is 15.0 Å². The number of benzene rings is 1. The van der Waals surface area contributed by atoms with E-state index < -0.39 is 5.60 Å². The van der Waals surface area contributed by atoms with Gasteiger partial charge in [0.25, 0.3) is 0 Å². The van der Waals surface area contributed by atoms with Gasteiger partial charge in [0.2, 0.25) is 0 Å². The van der Waals surface area contributed by atoms with Crippen molar-refractivity contribution in [3.05, 3.63) is 42.0 Å². The van der Waals surface area contributed by atoms with E-state index in [1.54, 1.807) is 6.08 Å². The largest absolute Gasteiger partial charge is 0.458 e. The number of aliphatic hydroxyl groups excluding tert-OH is 1. The number of carbonyl (C=O) groups is 1. The molecular formula is C24H34O4. The number of hydrogen-bond acceptors (Lipinski definition) is 4. The average Bonchev–Trinajstić information content (AvgIpc) is 2.66. The number of esters is 1. The van der Waals surface area contributed by atoms with Crippen LogP contribution in [-0.4, -0.2) is 34.5 Å². The first-order valence-corrected chi connectivity index (χ1v) is 10.6. The predicted octanol–water partition coefficient (Wildman–Crippen LogP) is 4.21. The number of ether oxygens (including phenoxy) is 1. The molecule has 154 valence electrons. The van der Waals surface area contributed by atoms with Crippen LogP contribution in [0.15, 0.2) is 36.4 Å². The van der Waals surface area contributed by atoms with Crippen molar-refractivity contribution in [2.45, 2.75) is 64.6 Å². The molecule has 5 unspecified atom stereocenters. The summed E-state index contributed by atoms with van der Waals surface area (Å²) in [6, 6.07) is 9.66. The van der Waals surface area contributed by atoms with Gasteiger partial charge in [0.05, 0.1) is 12.2 Å². The topological polar surface area (TPSA) is 66.8 Å². The minimum absolute atomic E-state index is 0.116. The van der Waals surface area contributed by atoms with Crippen LogP contribution in [0, 0.1) is 23.2 Å². The lowest BCUT2D eigenvalue weighted by atomic mass is 9.51. The normalized spacial score (nSPS) is 35.7. The summed E-state index contributed by atoms with van der Waals surface area (Å²) in [6.07, 6.45) is 7.27. The van der Waals surface area contributed by atoms with Crippen LogP contribution in [0.5, 0.6) is 0 Å². The van der Waals surface area contributed by atoms with E-state index in [-0.39, 0.29) is 35.9 Å². The summed E-state index contributed by atoms with van der Waals surface area (Å²) in [5.41, 5.74) is -0.359. The Labute approximate surface area is 168 Å². The average molecular weight is 387 g/mol. The van der Waals surface area contributed by atoms with Crippen LogP contribution < -0.4 is 0 Å². The van der Waals surface area contributed by atoms with Gasteiger partial charge in [-0.2, -0.15) is 0 Å². The maximum atomic E-state index is 12.7. The van der Waals surface area contributed by atoms with Crippen LogP contribution >= 0.6 is 0 Å². The molecule has 0 aromatic heterocycles. The molecule has 5 atom stereocenters. The first-order chi connectivity index (χ1) is 13.3. The Bertz CT molecular complexity index is 688. The van der Waals surface area contributed by atoms with Crippen molar-refractivity contribution >= 4 is 12.0 Å². The highest BCUT2D eigenvalue weighted by Gasteiger charge is 2.59. The standard InChI is InChI=1S/C24H34O4/c1-17(2)19-12-15-23(3)13-7-14-24(27,16-25)22(23)21(19)28-20(26)11-10-18-8-5-4-6-9-18/h4-6,8-11,17,19,21-22,25,27H,7,12-16H2,1-3H3. The lowest BCUT2D eigenvalue weighted by Crippen LogP contribution is -2.62. The van der Waals surface area contributed by atoms with E-state index in [0.717, 1.165) is 31.2 Å². The summed E-state index contributed by atoms with van der Waals surface area (Å²) in [6.45, 7) is 6.20. The molecule has 0 saturated heterocycles. The third-order valence-corrected chi connectivity index (χ3v) is 7.08. The van der Waals surface area contributed by atoms with Crippen molar-refractivity contribution in [1.82, 2.24) is 0 Å². The third kappa shape index (κ3) is 4.18. The van der Waals surface area contributed by atoms with E-state index >= 15 is 0 Å². The Morgan fingerprint density at radius 3 is 2.61 bits per heavy atom. The molecule has 1 aromatic carbocycles. The summed E-state index contributed by atoms with van der Waals surface area (Å²) < 4.78 is 6.02. The molecule has 2 N–H and O–H groups in total. The number of aliphatic hydroxyl groups is 2. The summed E-state index contributed by atoms with van der Waals surface area (Å²) in [5.74, 6) is -0.0998. The highest BCUT2D eigenvalue weighted by atomic mass is 16.5. The van der Waals surface area contributed by atoms with Crippen LogP contribution in [0.4, 0.5) is 0 Å². The van der Waals surface area contributed by atoms with Crippen molar-refractivity contribution in [3.63, 3.8) is 0 Å². The van der Waals surface area contributed by atoms with Gasteiger partial charge in [0, 0.05) is 12.0 Å². The van der Waals surface area contributed by atoms with Gasteiger partial charge in [-0.25, -0.2) is 4.79 Å². The van der Waals surface area contributed by atoms with Gasteiger partial charge in [-0.05, 0) is 61.0 Å². The van der Waals surface area contributed by atoms with Crippen molar-refractivity contribution < 1.29 is 19.7 Å². The number of hydrogen-bond donors (Lipinski definition) is 2. The van der Waals surface area contributed by atoms with Gasteiger partial charge in [-0.3, -0.25) is 0 Å². The van der Waals surface area contributed by atoms with Gasteiger partial charge in [-0.1, -0.05) is 51.1 Å². The lowest BCUT2D eigenvalue weighted by Gasteiger charge is -2.58. The minimum Gasteiger partial charge on any atom is -0.458 e. The van der Waals surface area contributed by atoms with E-state index in [1.807, 2.05) is 30.3 Å². The fourth-order valence-corrected chi connectivity index (χ4v) is 5.60. The highest BCUT2D eigenvalue weighted by molar-refractivity contribution is 5.87. The van der Waals surface area contributed by atoms with Crippen LogP contribution in [0.25, 0.3) is 6.08 Å². The Morgan fingerprint density at radius 2 is 1.96 bits per heavy atom. The van der Waals surface area contributed by atoms with Crippen LogP contribution in [0.1, 0.15) is 58.4 Å². The molecule has 2 fully saturated rings. The summed E-state index contributed by atoms with van der Waals surface area (Å²) >= 11 is 0. The maximum Gasteiger partial charge on any atom is 0.331 e. The Morgan fingerprint density at radius 1 is 1.25 bits per heavy atom. The van der Waals surface area contributed by atoms with Gasteiger partial charge in [0.1, 0.15) is 6.10 Å². The first-order valence-electron chi connectivity index (χ1n) is 10.6. The Hall–Kier alpha value is -1.65. The smallest absolute Gasteiger partial charge is 0.331 e. The molecule has 2 saturated carbocycles. The predicted molar refractivity (Wildman–Crippen MR) is 110 cm³/mol. The monoisotopic (exact) mass is 386 g/mol. The second-order valence-electron chi connectivity index (χ2n) is 9.34. The molecular weight excluding hydrogens is 352 g/mol. The molecule has 2 aliphatic carbocycles. The second kappa shape index (κ2) is 8.38. The zero-order chi connectivity index (χ0) is 20.4. The molecule has 0 amide bonds. The lowest BCUT2D eigenvalue weighted by molar-refractivity contribution is -0.216. The number of rotatable bonds is 5. The van der Waals surface area contributed by atoms with E-state index in [4.69, 9.17) is 4.74 Å². The minimum atomic E-state index is -1.19. The maximum absolute atomic E-state index is 12.7. The molecule has 0 heterocycles. The van der Waals surface area contributed by atoms with Crippen LogP contribution in [0.3, 0.4) is 0 Å². The molecule has 0 bridgehead atoms. The molecule has 0 spiro atoms. The molecule has 0 radical (unpaired) electrons. The summed E-state index contributed by atoms with van der Waals surface area (Å²) in [7, 11) is 0.